The van der Waals surface area contributed by atoms with E-state index in [9.17, 15) is 0 Å². The number of pyridine rings is 2. The Bertz CT molecular complexity index is 714. The zero-order valence-corrected chi connectivity index (χ0v) is 15.8. The van der Waals surface area contributed by atoms with Gasteiger partial charge in [0, 0.05) is 23.0 Å². The lowest BCUT2D eigenvalue weighted by atomic mass is 9.93. The molecule has 0 bridgehead atoms. The van der Waals surface area contributed by atoms with E-state index < -0.39 is 5.54 Å². The number of hydrogen-bond donors (Lipinski definition) is 1. The summed E-state index contributed by atoms with van der Waals surface area (Å²) in [6.45, 7) is 10.7. The van der Waals surface area contributed by atoms with Gasteiger partial charge in [0.25, 0.3) is 0 Å². The standard InChI is InChI=1S/C19H26ClN3O/c1-12(2)9-19(5,21)11-24-18-10-23-17(8-16(18)20)15-6-7-22-14(4)13(15)3/h6-8,10,12H,9,11,21H2,1-5H3/t19-/m0/s1. The van der Waals surface area contributed by atoms with Crippen LogP contribution in [0.4, 0.5) is 0 Å². The van der Waals surface area contributed by atoms with Gasteiger partial charge in [-0.2, -0.15) is 0 Å². The third kappa shape index (κ3) is 4.68. The molecule has 0 fully saturated rings. The summed E-state index contributed by atoms with van der Waals surface area (Å²) >= 11 is 6.38. The minimum absolute atomic E-state index is 0.394. The van der Waals surface area contributed by atoms with Crippen LogP contribution in [0.3, 0.4) is 0 Å². The van der Waals surface area contributed by atoms with Crippen LogP contribution in [0.15, 0.2) is 24.5 Å². The van der Waals surface area contributed by atoms with Gasteiger partial charge in [-0.15, -0.1) is 0 Å². The molecule has 0 aliphatic heterocycles. The Morgan fingerprint density at radius 1 is 1.29 bits per heavy atom. The molecule has 0 saturated carbocycles. The quantitative estimate of drug-likeness (QED) is 0.832. The molecule has 4 nitrogen and oxygen atoms in total. The SMILES string of the molecule is Cc1nccc(-c2cc(Cl)c(OC[C@@](C)(N)CC(C)C)cn2)c1C. The number of nitrogens with zero attached hydrogens (tertiary/aromatic N) is 2. The second-order valence-corrected chi connectivity index (χ2v) is 7.52. The molecule has 0 unspecified atom stereocenters. The summed E-state index contributed by atoms with van der Waals surface area (Å²) in [6.07, 6.45) is 4.33. The van der Waals surface area contributed by atoms with E-state index in [0.717, 1.165) is 28.9 Å². The van der Waals surface area contributed by atoms with Crippen molar-refractivity contribution < 1.29 is 4.74 Å². The fourth-order valence-corrected chi connectivity index (χ4v) is 3.03. The van der Waals surface area contributed by atoms with Crippen molar-refractivity contribution in [1.82, 2.24) is 9.97 Å². The van der Waals surface area contributed by atoms with E-state index in [4.69, 9.17) is 22.1 Å². The van der Waals surface area contributed by atoms with Crippen LogP contribution in [-0.2, 0) is 0 Å². The van der Waals surface area contributed by atoms with E-state index in [1.54, 1.807) is 12.4 Å². The molecule has 2 aromatic rings. The fourth-order valence-electron chi connectivity index (χ4n) is 2.82. The van der Waals surface area contributed by atoms with Gasteiger partial charge < -0.3 is 10.5 Å². The molecule has 0 saturated heterocycles. The van der Waals surface area contributed by atoms with Gasteiger partial charge in [0.2, 0.25) is 0 Å². The molecule has 0 spiro atoms. The van der Waals surface area contributed by atoms with Crippen LogP contribution in [0.1, 0.15) is 38.4 Å². The van der Waals surface area contributed by atoms with E-state index in [1.165, 1.54) is 0 Å². The van der Waals surface area contributed by atoms with Gasteiger partial charge in [0.05, 0.1) is 16.9 Å². The van der Waals surface area contributed by atoms with Gasteiger partial charge in [0.15, 0.2) is 5.75 Å². The lowest BCUT2D eigenvalue weighted by molar-refractivity contribution is 0.206. The summed E-state index contributed by atoms with van der Waals surface area (Å²) in [5.74, 6) is 1.07. The van der Waals surface area contributed by atoms with Crippen LogP contribution in [0.2, 0.25) is 5.02 Å². The second kappa shape index (κ2) is 7.49. The van der Waals surface area contributed by atoms with Crippen molar-refractivity contribution in [2.45, 2.75) is 46.6 Å². The molecule has 0 aliphatic rings. The first-order valence-electron chi connectivity index (χ1n) is 8.19. The highest BCUT2D eigenvalue weighted by Crippen LogP contribution is 2.30. The zero-order valence-electron chi connectivity index (χ0n) is 15.1. The van der Waals surface area contributed by atoms with E-state index in [0.29, 0.717) is 23.3 Å². The number of nitrogens with two attached hydrogens (primary N) is 1. The maximum atomic E-state index is 6.38. The normalized spacial score (nSPS) is 13.8. The molecule has 5 heteroatoms. The van der Waals surface area contributed by atoms with Gasteiger partial charge in [-0.05, 0) is 50.8 Å². The van der Waals surface area contributed by atoms with Crippen LogP contribution < -0.4 is 10.5 Å². The highest BCUT2D eigenvalue weighted by molar-refractivity contribution is 6.32. The first-order valence-corrected chi connectivity index (χ1v) is 8.57. The zero-order chi connectivity index (χ0) is 17.9. The predicted molar refractivity (Wildman–Crippen MR) is 99.5 cm³/mol. The largest absolute Gasteiger partial charge is 0.488 e. The lowest BCUT2D eigenvalue weighted by Gasteiger charge is -2.26. The van der Waals surface area contributed by atoms with Crippen LogP contribution in [-0.4, -0.2) is 22.1 Å². The second-order valence-electron chi connectivity index (χ2n) is 7.11. The Balaban J connectivity index is 2.17. The van der Waals surface area contributed by atoms with Gasteiger partial charge in [-0.1, -0.05) is 25.4 Å². The molecular formula is C19H26ClN3O. The highest BCUT2D eigenvalue weighted by Gasteiger charge is 2.21. The number of halogens is 1. The molecule has 130 valence electrons. The molecule has 0 radical (unpaired) electrons. The van der Waals surface area contributed by atoms with Crippen LogP contribution in [0.25, 0.3) is 11.3 Å². The average Bonchev–Trinajstić information content (AvgIpc) is 2.47. The van der Waals surface area contributed by atoms with E-state index in [1.807, 2.05) is 32.9 Å². The monoisotopic (exact) mass is 347 g/mol. The Morgan fingerprint density at radius 2 is 2.00 bits per heavy atom. The summed E-state index contributed by atoms with van der Waals surface area (Å²) in [4.78, 5) is 8.78. The van der Waals surface area contributed by atoms with E-state index in [2.05, 4.69) is 23.8 Å². The lowest BCUT2D eigenvalue weighted by Crippen LogP contribution is -2.43. The molecule has 0 aromatic carbocycles. The number of aryl methyl sites for hydroxylation is 1. The number of hydrogen-bond acceptors (Lipinski definition) is 4. The van der Waals surface area contributed by atoms with Crippen molar-refractivity contribution in [3.8, 4) is 17.0 Å². The smallest absolute Gasteiger partial charge is 0.156 e. The van der Waals surface area contributed by atoms with Crippen molar-refractivity contribution in [3.05, 3.63) is 40.8 Å². The number of ether oxygens (including phenoxy) is 1. The summed E-state index contributed by atoms with van der Waals surface area (Å²) in [6, 6.07) is 3.77. The first kappa shape index (κ1) is 18.7. The Labute approximate surface area is 149 Å². The van der Waals surface area contributed by atoms with Crippen molar-refractivity contribution in [2.75, 3.05) is 6.61 Å². The molecule has 0 aliphatic carbocycles. The molecular weight excluding hydrogens is 322 g/mol. The molecule has 2 aromatic heterocycles. The van der Waals surface area contributed by atoms with Gasteiger partial charge >= 0.3 is 0 Å². The molecule has 1 atom stereocenters. The van der Waals surface area contributed by atoms with Crippen molar-refractivity contribution in [1.29, 1.82) is 0 Å². The molecule has 24 heavy (non-hydrogen) atoms. The Kier molecular flexibility index (Phi) is 5.83. The maximum absolute atomic E-state index is 6.38. The molecule has 2 rings (SSSR count). The molecule has 2 heterocycles. The van der Waals surface area contributed by atoms with Crippen LogP contribution in [0, 0.1) is 19.8 Å². The topological polar surface area (TPSA) is 61.0 Å². The van der Waals surface area contributed by atoms with Gasteiger partial charge in [-0.25, -0.2) is 0 Å². The predicted octanol–water partition coefficient (Wildman–Crippen LogP) is 4.56. The Hall–Kier alpha value is -1.65. The highest BCUT2D eigenvalue weighted by atomic mass is 35.5. The van der Waals surface area contributed by atoms with Crippen molar-refractivity contribution in [3.63, 3.8) is 0 Å². The number of aromatic nitrogens is 2. The summed E-state index contributed by atoms with van der Waals surface area (Å²) in [7, 11) is 0. The number of rotatable bonds is 6. The minimum atomic E-state index is -0.394. The van der Waals surface area contributed by atoms with Gasteiger partial charge in [0.1, 0.15) is 6.61 Å². The third-order valence-corrected chi connectivity index (χ3v) is 4.28. The van der Waals surface area contributed by atoms with E-state index >= 15 is 0 Å². The average molecular weight is 348 g/mol. The minimum Gasteiger partial charge on any atom is -0.488 e. The Morgan fingerprint density at radius 3 is 2.62 bits per heavy atom. The first-order chi connectivity index (χ1) is 11.2. The van der Waals surface area contributed by atoms with Gasteiger partial charge in [-0.3, -0.25) is 9.97 Å². The third-order valence-electron chi connectivity index (χ3n) is 3.98. The molecule has 2 N–H and O–H groups in total. The summed E-state index contributed by atoms with van der Waals surface area (Å²) in [5, 5.41) is 0.536. The molecule has 0 amide bonds. The summed E-state index contributed by atoms with van der Waals surface area (Å²) < 4.78 is 5.82. The van der Waals surface area contributed by atoms with Crippen LogP contribution >= 0.6 is 11.6 Å². The van der Waals surface area contributed by atoms with Crippen molar-refractivity contribution in [2.24, 2.45) is 11.7 Å². The summed E-state index contributed by atoms with van der Waals surface area (Å²) in [5.41, 5.74) is 9.81. The van der Waals surface area contributed by atoms with Crippen LogP contribution in [0.5, 0.6) is 5.75 Å². The van der Waals surface area contributed by atoms with Crippen molar-refractivity contribution >= 4 is 11.6 Å². The van der Waals surface area contributed by atoms with E-state index in [-0.39, 0.29) is 0 Å². The fraction of sp³-hybridized carbons (Fsp3) is 0.474. The maximum Gasteiger partial charge on any atom is 0.156 e.